The number of benzene rings is 1. The average Bonchev–Trinajstić information content (AvgIpc) is 2.45. The molecule has 0 radical (unpaired) electrons. The number of nitrogens with zero attached hydrogens (tertiary/aromatic N) is 4. The Morgan fingerprint density at radius 3 is 2.45 bits per heavy atom. The van der Waals surface area contributed by atoms with Gasteiger partial charge >= 0.3 is 0 Å². The lowest BCUT2D eigenvalue weighted by atomic mass is 9.92. The van der Waals surface area contributed by atoms with Crippen molar-refractivity contribution in [3.63, 3.8) is 0 Å². The van der Waals surface area contributed by atoms with Crippen molar-refractivity contribution in [1.82, 2.24) is 20.1 Å². The highest BCUT2D eigenvalue weighted by Crippen LogP contribution is 2.22. The second-order valence-electron chi connectivity index (χ2n) is 5.78. The summed E-state index contributed by atoms with van der Waals surface area (Å²) in [6, 6.07) is 7.46. The number of fused-ring (bicyclic) bond motifs is 1. The Bertz CT molecular complexity index is 633. The summed E-state index contributed by atoms with van der Waals surface area (Å²) in [5.74, 6) is 1.14. The van der Waals surface area contributed by atoms with Crippen LogP contribution in [-0.4, -0.2) is 39.1 Å². The van der Waals surface area contributed by atoms with E-state index < -0.39 is 0 Å². The number of rotatable bonds is 1. The number of likely N-dealkylation sites (tertiary alicyclic amines) is 1. The second kappa shape index (κ2) is 5.15. The average molecular weight is 270 g/mol. The van der Waals surface area contributed by atoms with Gasteiger partial charge in [-0.1, -0.05) is 26.0 Å². The van der Waals surface area contributed by atoms with Gasteiger partial charge in [0.25, 0.3) is 5.91 Å². The minimum absolute atomic E-state index is 0.110. The topological polar surface area (TPSA) is 59.0 Å². The number of amides is 1. The van der Waals surface area contributed by atoms with Gasteiger partial charge in [0.05, 0.1) is 5.52 Å². The van der Waals surface area contributed by atoms with Crippen molar-refractivity contribution in [3.05, 3.63) is 30.1 Å². The van der Waals surface area contributed by atoms with Crippen LogP contribution in [0.3, 0.4) is 0 Å². The minimum Gasteiger partial charge on any atom is -0.335 e. The first kappa shape index (κ1) is 13.0. The lowest BCUT2D eigenvalue weighted by Crippen LogP contribution is -2.43. The highest BCUT2D eigenvalue weighted by atomic mass is 16.2. The fourth-order valence-electron chi connectivity index (χ4n) is 2.94. The Labute approximate surface area is 118 Å². The normalized spacial score (nSPS) is 23.0. The largest absolute Gasteiger partial charge is 0.335 e. The number of carbonyl (C=O) groups is 1. The smallest absolute Gasteiger partial charge is 0.293 e. The second-order valence-corrected chi connectivity index (χ2v) is 5.78. The summed E-state index contributed by atoms with van der Waals surface area (Å²) in [7, 11) is 0. The molecule has 1 saturated heterocycles. The van der Waals surface area contributed by atoms with E-state index in [1.54, 1.807) is 0 Å². The van der Waals surface area contributed by atoms with E-state index in [1.165, 1.54) is 6.42 Å². The minimum atomic E-state index is -0.110. The first-order valence-corrected chi connectivity index (χ1v) is 7.02. The molecule has 1 aliphatic rings. The summed E-state index contributed by atoms with van der Waals surface area (Å²) in [5.41, 5.74) is 1.42. The molecule has 2 heterocycles. The zero-order valence-corrected chi connectivity index (χ0v) is 11.8. The fourth-order valence-corrected chi connectivity index (χ4v) is 2.94. The first-order valence-electron chi connectivity index (χ1n) is 7.02. The molecule has 5 nitrogen and oxygen atoms in total. The summed E-state index contributed by atoms with van der Waals surface area (Å²) in [6.45, 7) is 5.91. The van der Waals surface area contributed by atoms with Crippen molar-refractivity contribution in [3.8, 4) is 0 Å². The molecular weight excluding hydrogens is 252 g/mol. The number of piperidine rings is 1. The van der Waals surface area contributed by atoms with Crippen molar-refractivity contribution in [2.24, 2.45) is 11.8 Å². The summed E-state index contributed by atoms with van der Waals surface area (Å²) in [6.07, 6.45) is 1.17. The van der Waals surface area contributed by atoms with Gasteiger partial charge in [-0.3, -0.25) is 4.79 Å². The van der Waals surface area contributed by atoms with Crippen molar-refractivity contribution in [2.45, 2.75) is 20.3 Å². The van der Waals surface area contributed by atoms with Crippen molar-refractivity contribution in [2.75, 3.05) is 13.1 Å². The molecule has 5 heteroatoms. The van der Waals surface area contributed by atoms with E-state index >= 15 is 0 Å². The van der Waals surface area contributed by atoms with E-state index in [2.05, 4.69) is 29.0 Å². The van der Waals surface area contributed by atoms with Crippen LogP contribution in [-0.2, 0) is 0 Å². The Morgan fingerprint density at radius 1 is 1.10 bits per heavy atom. The van der Waals surface area contributed by atoms with Crippen molar-refractivity contribution < 1.29 is 4.79 Å². The van der Waals surface area contributed by atoms with E-state index in [9.17, 15) is 4.79 Å². The van der Waals surface area contributed by atoms with Gasteiger partial charge in [0.2, 0.25) is 5.82 Å². The zero-order chi connectivity index (χ0) is 14.1. The maximum absolute atomic E-state index is 12.5. The van der Waals surface area contributed by atoms with Gasteiger partial charge < -0.3 is 4.90 Å². The van der Waals surface area contributed by atoms with E-state index in [0.717, 1.165) is 13.1 Å². The van der Waals surface area contributed by atoms with Gasteiger partial charge in [-0.25, -0.2) is 4.98 Å². The molecule has 0 saturated carbocycles. The number of para-hydroxylation sites is 1. The van der Waals surface area contributed by atoms with Crippen LogP contribution in [0.2, 0.25) is 0 Å². The maximum Gasteiger partial charge on any atom is 0.293 e. The molecule has 20 heavy (non-hydrogen) atoms. The van der Waals surface area contributed by atoms with E-state index in [0.29, 0.717) is 22.9 Å². The van der Waals surface area contributed by atoms with Crippen LogP contribution in [0.5, 0.6) is 0 Å². The third-order valence-corrected chi connectivity index (χ3v) is 3.71. The number of hydrogen-bond acceptors (Lipinski definition) is 4. The van der Waals surface area contributed by atoms with Crippen LogP contribution in [0, 0.1) is 11.8 Å². The molecule has 0 spiro atoms. The summed E-state index contributed by atoms with van der Waals surface area (Å²) in [4.78, 5) is 18.7. The quantitative estimate of drug-likeness (QED) is 0.796. The van der Waals surface area contributed by atoms with Gasteiger partial charge in [0, 0.05) is 13.1 Å². The molecule has 1 fully saturated rings. The Balaban J connectivity index is 1.88. The lowest BCUT2D eigenvalue weighted by Gasteiger charge is -2.34. The molecule has 1 aromatic carbocycles. The SMILES string of the molecule is C[C@@H]1C[C@@H](C)CN(C(=O)c2nnc3ccccc3n2)C1. The molecule has 1 aliphatic heterocycles. The highest BCUT2D eigenvalue weighted by Gasteiger charge is 2.27. The number of carbonyl (C=O) groups excluding carboxylic acids is 1. The third kappa shape index (κ3) is 2.48. The molecule has 1 aromatic heterocycles. The van der Waals surface area contributed by atoms with Gasteiger partial charge in [-0.15, -0.1) is 10.2 Å². The number of hydrogen-bond donors (Lipinski definition) is 0. The zero-order valence-electron chi connectivity index (χ0n) is 11.8. The summed E-state index contributed by atoms with van der Waals surface area (Å²) < 4.78 is 0. The van der Waals surface area contributed by atoms with Crippen LogP contribution in [0.25, 0.3) is 11.0 Å². The predicted molar refractivity (Wildman–Crippen MR) is 76.2 cm³/mol. The molecule has 0 N–H and O–H groups in total. The molecule has 0 bridgehead atoms. The van der Waals surface area contributed by atoms with E-state index in [-0.39, 0.29) is 11.7 Å². The molecule has 0 unspecified atom stereocenters. The fraction of sp³-hybridized carbons (Fsp3) is 0.467. The van der Waals surface area contributed by atoms with Crippen LogP contribution in [0.4, 0.5) is 0 Å². The molecule has 2 aromatic rings. The molecule has 1 amide bonds. The lowest BCUT2D eigenvalue weighted by molar-refractivity contribution is 0.0610. The van der Waals surface area contributed by atoms with E-state index in [1.807, 2.05) is 29.2 Å². The third-order valence-electron chi connectivity index (χ3n) is 3.71. The molecule has 3 rings (SSSR count). The van der Waals surface area contributed by atoms with Gasteiger partial charge in [0.15, 0.2) is 0 Å². The first-order chi connectivity index (χ1) is 9.63. The van der Waals surface area contributed by atoms with Crippen LogP contribution in [0.15, 0.2) is 24.3 Å². The Hall–Kier alpha value is -2.04. The van der Waals surface area contributed by atoms with Gasteiger partial charge in [0.1, 0.15) is 5.52 Å². The number of aromatic nitrogens is 3. The molecule has 0 aliphatic carbocycles. The monoisotopic (exact) mass is 270 g/mol. The van der Waals surface area contributed by atoms with Crippen molar-refractivity contribution in [1.29, 1.82) is 0 Å². The molecular formula is C15H18N4O. The summed E-state index contributed by atoms with van der Waals surface area (Å²) in [5, 5.41) is 8.05. The molecule has 2 atom stereocenters. The Morgan fingerprint density at radius 2 is 1.75 bits per heavy atom. The van der Waals surface area contributed by atoms with Crippen molar-refractivity contribution >= 4 is 16.9 Å². The highest BCUT2D eigenvalue weighted by molar-refractivity contribution is 5.92. The van der Waals surface area contributed by atoms with Gasteiger partial charge in [-0.05, 0) is 30.4 Å². The van der Waals surface area contributed by atoms with Crippen LogP contribution >= 0.6 is 0 Å². The molecule has 104 valence electrons. The predicted octanol–water partition coefficient (Wildman–Crippen LogP) is 2.14. The van der Waals surface area contributed by atoms with E-state index in [4.69, 9.17) is 0 Å². The Kier molecular flexibility index (Phi) is 3.34. The van der Waals surface area contributed by atoms with Crippen LogP contribution in [0.1, 0.15) is 30.9 Å². The van der Waals surface area contributed by atoms with Gasteiger partial charge in [-0.2, -0.15) is 0 Å². The van der Waals surface area contributed by atoms with Crippen LogP contribution < -0.4 is 0 Å². The standard InChI is InChI=1S/C15H18N4O/c1-10-7-11(2)9-19(8-10)15(20)14-16-12-5-3-4-6-13(12)17-18-14/h3-6,10-11H,7-9H2,1-2H3/t10-,11-/m1/s1. The maximum atomic E-state index is 12.5. The summed E-state index contributed by atoms with van der Waals surface area (Å²) >= 11 is 0.